The SMILES string of the molecule is CCCCCCC(C)Nc1nc(C(=O)O)c(C)s1. The molecule has 4 nitrogen and oxygen atoms in total. The van der Waals surface area contributed by atoms with E-state index in [4.69, 9.17) is 5.11 Å². The Morgan fingerprint density at radius 2 is 2.17 bits per heavy atom. The molecule has 0 fully saturated rings. The predicted molar refractivity (Wildman–Crippen MR) is 75.7 cm³/mol. The van der Waals surface area contributed by atoms with Crippen molar-refractivity contribution in [3.05, 3.63) is 10.6 Å². The van der Waals surface area contributed by atoms with Gasteiger partial charge < -0.3 is 10.4 Å². The number of carboxylic acids is 1. The van der Waals surface area contributed by atoms with Gasteiger partial charge in [-0.1, -0.05) is 32.6 Å². The minimum Gasteiger partial charge on any atom is -0.476 e. The highest BCUT2D eigenvalue weighted by molar-refractivity contribution is 7.15. The molecule has 2 N–H and O–H groups in total. The third-order valence-corrected chi connectivity index (χ3v) is 3.76. The largest absolute Gasteiger partial charge is 0.476 e. The Kier molecular flexibility index (Phi) is 6.12. The second-order valence-electron chi connectivity index (χ2n) is 4.62. The van der Waals surface area contributed by atoms with E-state index in [0.717, 1.165) is 11.3 Å². The van der Waals surface area contributed by atoms with Crippen LogP contribution in [0.3, 0.4) is 0 Å². The van der Waals surface area contributed by atoms with Crippen molar-refractivity contribution in [1.82, 2.24) is 4.98 Å². The van der Waals surface area contributed by atoms with Crippen LogP contribution in [-0.4, -0.2) is 22.1 Å². The van der Waals surface area contributed by atoms with Gasteiger partial charge >= 0.3 is 5.97 Å². The van der Waals surface area contributed by atoms with E-state index in [1.165, 1.54) is 37.0 Å². The van der Waals surface area contributed by atoms with Gasteiger partial charge in [-0.15, -0.1) is 11.3 Å². The predicted octanol–water partition coefficient (Wildman–Crippen LogP) is 3.92. The maximum atomic E-state index is 10.9. The quantitative estimate of drug-likeness (QED) is 0.703. The van der Waals surface area contributed by atoms with Crippen molar-refractivity contribution >= 4 is 22.4 Å². The van der Waals surface area contributed by atoms with Gasteiger partial charge in [0, 0.05) is 10.9 Å². The summed E-state index contributed by atoms with van der Waals surface area (Å²) in [5.41, 5.74) is 0.167. The second-order valence-corrected chi connectivity index (χ2v) is 5.83. The number of hydrogen-bond acceptors (Lipinski definition) is 4. The van der Waals surface area contributed by atoms with Gasteiger partial charge in [0.05, 0.1) is 0 Å². The van der Waals surface area contributed by atoms with Crippen LogP contribution in [0.2, 0.25) is 0 Å². The number of thiazole rings is 1. The lowest BCUT2D eigenvalue weighted by atomic mass is 10.1. The molecule has 1 heterocycles. The maximum Gasteiger partial charge on any atom is 0.355 e. The first kappa shape index (κ1) is 15.0. The fourth-order valence-electron chi connectivity index (χ4n) is 1.82. The summed E-state index contributed by atoms with van der Waals surface area (Å²) in [6.45, 7) is 6.11. The van der Waals surface area contributed by atoms with E-state index in [2.05, 4.69) is 24.1 Å². The van der Waals surface area contributed by atoms with E-state index in [0.29, 0.717) is 11.2 Å². The van der Waals surface area contributed by atoms with Crippen LogP contribution in [0.15, 0.2) is 0 Å². The summed E-state index contributed by atoms with van der Waals surface area (Å²) in [4.78, 5) is 15.7. The molecule has 0 aromatic carbocycles. The van der Waals surface area contributed by atoms with E-state index >= 15 is 0 Å². The Labute approximate surface area is 112 Å². The minimum absolute atomic E-state index is 0.167. The van der Waals surface area contributed by atoms with E-state index in [-0.39, 0.29) is 5.69 Å². The molecular weight excluding hydrogens is 248 g/mol. The normalized spacial score (nSPS) is 12.4. The summed E-state index contributed by atoms with van der Waals surface area (Å²) < 4.78 is 0. The Hall–Kier alpha value is -1.10. The first-order valence-corrected chi connectivity index (χ1v) is 7.33. The molecule has 0 radical (unpaired) electrons. The number of unbranched alkanes of at least 4 members (excludes halogenated alkanes) is 3. The zero-order chi connectivity index (χ0) is 13.5. The van der Waals surface area contributed by atoms with Crippen LogP contribution >= 0.6 is 11.3 Å². The number of aromatic nitrogens is 1. The number of nitrogens with one attached hydrogen (secondary N) is 1. The van der Waals surface area contributed by atoms with Gasteiger partial charge in [-0.05, 0) is 20.3 Å². The lowest BCUT2D eigenvalue weighted by Gasteiger charge is -2.12. The highest BCUT2D eigenvalue weighted by Crippen LogP contribution is 2.23. The fourth-order valence-corrected chi connectivity index (χ4v) is 2.73. The fraction of sp³-hybridized carbons (Fsp3) is 0.692. The summed E-state index contributed by atoms with van der Waals surface area (Å²) in [6, 6.07) is 0.342. The van der Waals surface area contributed by atoms with Gasteiger partial charge in [0.2, 0.25) is 0 Å². The zero-order valence-corrected chi connectivity index (χ0v) is 12.1. The Morgan fingerprint density at radius 3 is 2.72 bits per heavy atom. The van der Waals surface area contributed by atoms with Gasteiger partial charge in [0.1, 0.15) is 0 Å². The van der Waals surface area contributed by atoms with Crippen molar-refractivity contribution in [2.24, 2.45) is 0 Å². The molecule has 0 aliphatic heterocycles. The van der Waals surface area contributed by atoms with Crippen LogP contribution < -0.4 is 5.32 Å². The molecule has 0 saturated carbocycles. The number of rotatable bonds is 8. The van der Waals surface area contributed by atoms with Crippen molar-refractivity contribution in [2.75, 3.05) is 5.32 Å². The number of nitrogens with zero attached hydrogens (tertiary/aromatic N) is 1. The Balaban J connectivity index is 2.42. The average molecular weight is 270 g/mol. The summed E-state index contributed by atoms with van der Waals surface area (Å²) in [6.07, 6.45) is 6.10. The number of hydrogen-bond donors (Lipinski definition) is 2. The van der Waals surface area contributed by atoms with Crippen LogP contribution in [0.5, 0.6) is 0 Å². The molecule has 1 rings (SSSR count). The van der Waals surface area contributed by atoms with E-state index < -0.39 is 5.97 Å². The monoisotopic (exact) mass is 270 g/mol. The van der Waals surface area contributed by atoms with Gasteiger partial charge in [0.15, 0.2) is 10.8 Å². The molecule has 0 aliphatic carbocycles. The van der Waals surface area contributed by atoms with Crippen LogP contribution in [0, 0.1) is 6.92 Å². The Morgan fingerprint density at radius 1 is 1.44 bits per heavy atom. The molecule has 1 aromatic rings. The highest BCUT2D eigenvalue weighted by Gasteiger charge is 2.14. The number of carbonyl (C=O) groups is 1. The zero-order valence-electron chi connectivity index (χ0n) is 11.3. The van der Waals surface area contributed by atoms with Crippen LogP contribution in [0.25, 0.3) is 0 Å². The molecule has 1 unspecified atom stereocenters. The summed E-state index contributed by atoms with van der Waals surface area (Å²) >= 11 is 1.41. The van der Waals surface area contributed by atoms with E-state index in [1.54, 1.807) is 6.92 Å². The van der Waals surface area contributed by atoms with Gasteiger partial charge in [0.25, 0.3) is 0 Å². The van der Waals surface area contributed by atoms with E-state index in [1.807, 2.05) is 0 Å². The van der Waals surface area contributed by atoms with Crippen molar-refractivity contribution in [2.45, 2.75) is 58.9 Å². The second kappa shape index (κ2) is 7.36. The molecule has 0 spiro atoms. The maximum absolute atomic E-state index is 10.9. The Bertz CT molecular complexity index is 390. The molecule has 0 amide bonds. The van der Waals surface area contributed by atoms with Crippen molar-refractivity contribution in [1.29, 1.82) is 0 Å². The first-order chi connectivity index (χ1) is 8.54. The summed E-state index contributed by atoms with van der Waals surface area (Å²) in [7, 11) is 0. The molecule has 0 aliphatic rings. The van der Waals surface area contributed by atoms with Crippen molar-refractivity contribution in [3.8, 4) is 0 Å². The number of carboxylic acid groups (broad SMARTS) is 1. The van der Waals surface area contributed by atoms with Gasteiger partial charge in [-0.3, -0.25) is 0 Å². The minimum atomic E-state index is -0.951. The molecule has 0 saturated heterocycles. The topological polar surface area (TPSA) is 62.2 Å². The molecule has 1 atom stereocenters. The molecule has 0 bridgehead atoms. The average Bonchev–Trinajstić information content (AvgIpc) is 2.66. The third-order valence-electron chi connectivity index (χ3n) is 2.86. The summed E-state index contributed by atoms with van der Waals surface area (Å²) in [5.74, 6) is -0.951. The van der Waals surface area contributed by atoms with Crippen molar-refractivity contribution < 1.29 is 9.90 Å². The molecular formula is C13H22N2O2S. The number of aromatic carboxylic acids is 1. The standard InChI is InChI=1S/C13H22N2O2S/c1-4-5-6-7-8-9(2)14-13-15-11(12(16)17)10(3)18-13/h9H,4-8H2,1-3H3,(H,14,15)(H,16,17). The first-order valence-electron chi connectivity index (χ1n) is 6.51. The number of aryl methyl sites for hydroxylation is 1. The number of anilines is 1. The molecule has 5 heteroatoms. The summed E-state index contributed by atoms with van der Waals surface area (Å²) in [5, 5.41) is 12.9. The third kappa shape index (κ3) is 4.64. The molecule has 1 aromatic heterocycles. The highest BCUT2D eigenvalue weighted by atomic mass is 32.1. The molecule has 18 heavy (non-hydrogen) atoms. The van der Waals surface area contributed by atoms with Crippen LogP contribution in [-0.2, 0) is 0 Å². The smallest absolute Gasteiger partial charge is 0.355 e. The van der Waals surface area contributed by atoms with Gasteiger partial charge in [-0.2, -0.15) is 0 Å². The van der Waals surface area contributed by atoms with Gasteiger partial charge in [-0.25, -0.2) is 9.78 Å². The van der Waals surface area contributed by atoms with Crippen LogP contribution in [0.1, 0.15) is 61.3 Å². The lowest BCUT2D eigenvalue weighted by Crippen LogP contribution is -2.14. The van der Waals surface area contributed by atoms with Crippen LogP contribution in [0.4, 0.5) is 5.13 Å². The lowest BCUT2D eigenvalue weighted by molar-refractivity contribution is 0.0690. The van der Waals surface area contributed by atoms with E-state index in [9.17, 15) is 4.79 Å². The molecule has 102 valence electrons. The van der Waals surface area contributed by atoms with Crippen molar-refractivity contribution in [3.63, 3.8) is 0 Å².